The van der Waals surface area contributed by atoms with Gasteiger partial charge in [-0.25, -0.2) is 0 Å². The number of aromatic nitrogens is 7. The summed E-state index contributed by atoms with van der Waals surface area (Å²) in [5.74, 6) is 0.790. The van der Waals surface area contributed by atoms with Crippen molar-refractivity contribution in [2.45, 2.75) is 33.4 Å². The number of nitrogens with zero attached hydrogens (tertiary/aromatic N) is 6. The van der Waals surface area contributed by atoms with E-state index in [0.717, 1.165) is 17.1 Å². The number of rotatable bonds is 5. The summed E-state index contributed by atoms with van der Waals surface area (Å²) < 4.78 is 6.24. The summed E-state index contributed by atoms with van der Waals surface area (Å²) in [6, 6.07) is 8.39. The fourth-order valence-electron chi connectivity index (χ4n) is 3.04. The lowest BCUT2D eigenvalue weighted by molar-refractivity contribution is 0.527. The van der Waals surface area contributed by atoms with Gasteiger partial charge in [0, 0.05) is 12.4 Å². The van der Waals surface area contributed by atoms with Crippen LogP contribution in [-0.4, -0.2) is 34.3 Å². The van der Waals surface area contributed by atoms with Crippen molar-refractivity contribution in [3.63, 3.8) is 0 Å². The standard InChI is InChI=1S/C19H21N7S/c1-13-4-6-16(7-5-13)11-24-12-17(9-20-24)26-18(22-23-19(26)27)15(3)25-10-14(2)8-21-25/h4-10,12,15H,11H2,1-3H3,(H,23,27). The normalized spacial score (nSPS) is 12.4. The van der Waals surface area contributed by atoms with Crippen LogP contribution < -0.4 is 0 Å². The number of H-pyrrole nitrogens is 1. The molecule has 4 rings (SSSR count). The van der Waals surface area contributed by atoms with Crippen LogP contribution in [0.15, 0.2) is 49.1 Å². The van der Waals surface area contributed by atoms with E-state index < -0.39 is 0 Å². The van der Waals surface area contributed by atoms with Gasteiger partial charge < -0.3 is 0 Å². The summed E-state index contributed by atoms with van der Waals surface area (Å²) in [6.45, 7) is 6.85. The van der Waals surface area contributed by atoms with Crippen LogP contribution in [0.3, 0.4) is 0 Å². The Labute approximate surface area is 162 Å². The molecule has 1 aromatic carbocycles. The van der Waals surface area contributed by atoms with Crippen LogP contribution in [0.5, 0.6) is 0 Å². The zero-order valence-corrected chi connectivity index (χ0v) is 16.3. The van der Waals surface area contributed by atoms with E-state index in [1.165, 1.54) is 11.1 Å². The first-order valence-corrected chi connectivity index (χ1v) is 9.18. The second-order valence-corrected chi connectivity index (χ2v) is 7.16. The first kappa shape index (κ1) is 17.4. The third-order valence-electron chi connectivity index (χ3n) is 4.54. The molecular formula is C19H21N7S. The predicted molar refractivity (Wildman–Crippen MR) is 106 cm³/mol. The van der Waals surface area contributed by atoms with Gasteiger partial charge >= 0.3 is 0 Å². The fourth-order valence-corrected chi connectivity index (χ4v) is 3.28. The van der Waals surface area contributed by atoms with Gasteiger partial charge in [-0.3, -0.25) is 19.0 Å². The Balaban J connectivity index is 1.64. The van der Waals surface area contributed by atoms with Gasteiger partial charge in [0.15, 0.2) is 10.6 Å². The SMILES string of the molecule is Cc1ccc(Cn2cc(-n3c(C(C)n4cc(C)cn4)n[nH]c3=S)cn2)cc1. The minimum atomic E-state index is -0.0629. The molecule has 0 aliphatic rings. The second-order valence-electron chi connectivity index (χ2n) is 6.78. The molecule has 0 fully saturated rings. The number of aryl methyl sites for hydroxylation is 2. The molecule has 3 aromatic heterocycles. The van der Waals surface area contributed by atoms with Crippen LogP contribution in [-0.2, 0) is 6.54 Å². The molecule has 1 atom stereocenters. The lowest BCUT2D eigenvalue weighted by Gasteiger charge is -2.12. The second kappa shape index (κ2) is 6.96. The van der Waals surface area contributed by atoms with Crippen molar-refractivity contribution in [1.82, 2.24) is 34.3 Å². The topological polar surface area (TPSA) is 69.2 Å². The summed E-state index contributed by atoms with van der Waals surface area (Å²) in [4.78, 5) is 0. The first-order chi connectivity index (χ1) is 13.0. The van der Waals surface area contributed by atoms with E-state index >= 15 is 0 Å². The van der Waals surface area contributed by atoms with Crippen LogP contribution in [0.1, 0.15) is 35.5 Å². The molecule has 0 saturated heterocycles. The molecule has 3 heterocycles. The van der Waals surface area contributed by atoms with E-state index in [1.807, 2.05) is 52.6 Å². The van der Waals surface area contributed by atoms with E-state index in [2.05, 4.69) is 51.6 Å². The molecule has 27 heavy (non-hydrogen) atoms. The van der Waals surface area contributed by atoms with E-state index in [4.69, 9.17) is 12.2 Å². The number of aromatic amines is 1. The van der Waals surface area contributed by atoms with E-state index in [-0.39, 0.29) is 6.04 Å². The van der Waals surface area contributed by atoms with Crippen molar-refractivity contribution < 1.29 is 0 Å². The summed E-state index contributed by atoms with van der Waals surface area (Å²) in [5.41, 5.74) is 4.43. The maximum Gasteiger partial charge on any atom is 0.200 e. The highest BCUT2D eigenvalue weighted by Crippen LogP contribution is 2.20. The Morgan fingerprint density at radius 3 is 2.52 bits per heavy atom. The molecule has 8 heteroatoms. The summed E-state index contributed by atoms with van der Waals surface area (Å²) in [6.07, 6.45) is 7.62. The molecule has 0 spiro atoms. The average Bonchev–Trinajstić information content (AvgIpc) is 3.36. The van der Waals surface area contributed by atoms with Gasteiger partial charge in [0.05, 0.1) is 24.6 Å². The lowest BCUT2D eigenvalue weighted by atomic mass is 10.1. The van der Waals surface area contributed by atoms with Crippen molar-refractivity contribution in [2.24, 2.45) is 0 Å². The van der Waals surface area contributed by atoms with E-state index in [0.29, 0.717) is 11.3 Å². The maximum atomic E-state index is 5.46. The van der Waals surface area contributed by atoms with Gasteiger partial charge in [-0.2, -0.15) is 15.3 Å². The van der Waals surface area contributed by atoms with Crippen LogP contribution in [0, 0.1) is 18.6 Å². The molecule has 0 aliphatic heterocycles. The number of hydrogen-bond donors (Lipinski definition) is 1. The van der Waals surface area contributed by atoms with Crippen LogP contribution in [0.25, 0.3) is 5.69 Å². The average molecular weight is 379 g/mol. The zero-order valence-electron chi connectivity index (χ0n) is 15.5. The molecule has 1 unspecified atom stereocenters. The van der Waals surface area contributed by atoms with Crippen LogP contribution in [0.2, 0.25) is 0 Å². The smallest absolute Gasteiger partial charge is 0.200 e. The predicted octanol–water partition coefficient (Wildman–Crippen LogP) is 3.60. The molecule has 0 saturated carbocycles. The summed E-state index contributed by atoms with van der Waals surface area (Å²) in [7, 11) is 0. The van der Waals surface area contributed by atoms with Crippen molar-refractivity contribution >= 4 is 12.2 Å². The molecule has 1 N–H and O–H groups in total. The van der Waals surface area contributed by atoms with Gasteiger partial charge in [-0.05, 0) is 44.1 Å². The number of benzene rings is 1. The molecule has 0 amide bonds. The molecule has 138 valence electrons. The molecule has 7 nitrogen and oxygen atoms in total. The minimum absolute atomic E-state index is 0.0629. The lowest BCUT2D eigenvalue weighted by Crippen LogP contribution is -2.13. The zero-order chi connectivity index (χ0) is 19.0. The summed E-state index contributed by atoms with van der Waals surface area (Å²) in [5, 5.41) is 16.2. The first-order valence-electron chi connectivity index (χ1n) is 8.78. The van der Waals surface area contributed by atoms with Gasteiger partial charge in [0.2, 0.25) is 0 Å². The molecule has 0 aliphatic carbocycles. The van der Waals surface area contributed by atoms with Gasteiger partial charge in [-0.1, -0.05) is 29.8 Å². The fraction of sp³-hybridized carbons (Fsp3) is 0.263. The maximum absolute atomic E-state index is 5.46. The van der Waals surface area contributed by atoms with Crippen molar-refractivity contribution in [3.8, 4) is 5.69 Å². The highest BCUT2D eigenvalue weighted by Gasteiger charge is 2.18. The Bertz CT molecular complexity index is 1110. The van der Waals surface area contributed by atoms with Crippen molar-refractivity contribution in [3.05, 3.63) is 76.3 Å². The Kier molecular flexibility index (Phi) is 4.49. The number of nitrogens with one attached hydrogen (secondary N) is 1. The molecule has 0 bridgehead atoms. The Morgan fingerprint density at radius 2 is 1.81 bits per heavy atom. The molecule has 4 aromatic rings. The monoisotopic (exact) mass is 379 g/mol. The minimum Gasteiger partial charge on any atom is -0.267 e. The third kappa shape index (κ3) is 3.48. The molecular weight excluding hydrogens is 358 g/mol. The Hall–Kier alpha value is -3.00. The van der Waals surface area contributed by atoms with E-state index in [1.54, 1.807) is 0 Å². The van der Waals surface area contributed by atoms with Crippen molar-refractivity contribution in [1.29, 1.82) is 0 Å². The Morgan fingerprint density at radius 1 is 1.04 bits per heavy atom. The van der Waals surface area contributed by atoms with Gasteiger partial charge in [0.1, 0.15) is 6.04 Å². The third-order valence-corrected chi connectivity index (χ3v) is 4.82. The van der Waals surface area contributed by atoms with Crippen molar-refractivity contribution in [2.75, 3.05) is 0 Å². The molecule has 0 radical (unpaired) electrons. The van der Waals surface area contributed by atoms with E-state index in [9.17, 15) is 0 Å². The van der Waals surface area contributed by atoms with Gasteiger partial charge in [0.25, 0.3) is 0 Å². The highest BCUT2D eigenvalue weighted by molar-refractivity contribution is 7.71. The highest BCUT2D eigenvalue weighted by atomic mass is 32.1. The van der Waals surface area contributed by atoms with Crippen LogP contribution in [0.4, 0.5) is 0 Å². The van der Waals surface area contributed by atoms with Crippen LogP contribution >= 0.6 is 12.2 Å². The van der Waals surface area contributed by atoms with Gasteiger partial charge in [-0.15, -0.1) is 0 Å². The summed E-state index contributed by atoms with van der Waals surface area (Å²) >= 11 is 5.46. The largest absolute Gasteiger partial charge is 0.267 e. The number of hydrogen-bond acceptors (Lipinski definition) is 4. The quantitative estimate of drug-likeness (QED) is 0.538.